The summed E-state index contributed by atoms with van der Waals surface area (Å²) >= 11 is 0. The highest BCUT2D eigenvalue weighted by molar-refractivity contribution is 5.65. The SMILES string of the molecule is CC(C)(C)c1cc([C+]2c3ccc([nH]3)[C+](c3cc(C(C)(C)C)cc(C(C)(C)C)c3)c3ccc([nH]3)[C+](c3c[nH]nn3)c3ccc([nH]3)[C+](c3cc(C(C)(C)C)cc(C(C)(C)C)c3)c3ccc2[nH]3)cc(C(C)(C)C)c1. The first-order chi connectivity index (χ1) is 32.9. The van der Waals surface area contributed by atoms with Gasteiger partial charge in [-0.15, -0.1) is 5.10 Å². The fraction of sp³-hybridized carbons (Fsp3) is 0.375. The summed E-state index contributed by atoms with van der Waals surface area (Å²) in [6.07, 6.45) is 1.88. The van der Waals surface area contributed by atoms with Crippen LogP contribution in [0.5, 0.6) is 0 Å². The Balaban J connectivity index is 1.36. The second-order valence-electron chi connectivity index (χ2n) is 26.4. The summed E-state index contributed by atoms with van der Waals surface area (Å²) in [5, 5.41) is 11.9. The molecule has 3 aromatic carbocycles. The third-order valence-electron chi connectivity index (χ3n) is 14.4. The number of fused-ring (bicyclic) bond motifs is 8. The summed E-state index contributed by atoms with van der Waals surface area (Å²) in [6.45, 7) is 41.6. The van der Waals surface area contributed by atoms with Crippen molar-refractivity contribution in [1.82, 2.24) is 35.3 Å². The molecule has 0 radical (unpaired) electrons. The maximum Gasteiger partial charge on any atom is 0.198 e. The van der Waals surface area contributed by atoms with Crippen LogP contribution >= 0.6 is 0 Å². The molecular formula is C64H77N7+4. The Morgan fingerprint density at radius 3 is 0.690 bits per heavy atom. The number of aromatic amines is 5. The molecule has 7 nitrogen and oxygen atoms in total. The van der Waals surface area contributed by atoms with Gasteiger partial charge in [0.15, 0.2) is 5.69 Å². The molecule has 1 aliphatic heterocycles. The van der Waals surface area contributed by atoms with Gasteiger partial charge in [0, 0.05) is 36.4 Å². The molecule has 0 saturated heterocycles. The van der Waals surface area contributed by atoms with E-state index >= 15 is 0 Å². The zero-order chi connectivity index (χ0) is 51.4. The average Bonchev–Trinajstić information content (AvgIpc) is 4.13. The van der Waals surface area contributed by atoms with Gasteiger partial charge in [0.2, 0.25) is 0 Å². The molecule has 0 fully saturated rings. The van der Waals surface area contributed by atoms with E-state index in [1.807, 2.05) is 6.20 Å². The van der Waals surface area contributed by atoms with Crippen molar-refractivity contribution in [2.45, 2.75) is 157 Å². The van der Waals surface area contributed by atoms with Crippen molar-refractivity contribution in [3.63, 3.8) is 0 Å². The lowest BCUT2D eigenvalue weighted by atomic mass is 9.77. The number of hydrogen-bond acceptors (Lipinski definition) is 2. The molecule has 71 heavy (non-hydrogen) atoms. The Kier molecular flexibility index (Phi) is 11.8. The van der Waals surface area contributed by atoms with Gasteiger partial charge in [0.1, 0.15) is 75.4 Å². The van der Waals surface area contributed by atoms with Gasteiger partial charge in [-0.3, -0.25) is 0 Å². The van der Waals surface area contributed by atoms with Crippen molar-refractivity contribution >= 4 is 0 Å². The largest absolute Gasteiger partial charge is 0.327 e. The first-order valence-corrected chi connectivity index (χ1v) is 25.6. The van der Waals surface area contributed by atoms with Crippen molar-refractivity contribution in [3.05, 3.63) is 234 Å². The van der Waals surface area contributed by atoms with Gasteiger partial charge in [0.05, 0.1) is 65.2 Å². The topological polar surface area (TPSA) is 105 Å². The van der Waals surface area contributed by atoms with Crippen molar-refractivity contribution in [1.29, 1.82) is 0 Å². The van der Waals surface area contributed by atoms with Crippen molar-refractivity contribution in [3.8, 4) is 0 Å². The van der Waals surface area contributed by atoms with E-state index < -0.39 is 0 Å². The van der Waals surface area contributed by atoms with Crippen LogP contribution in [0.25, 0.3) is 0 Å². The first-order valence-electron chi connectivity index (χ1n) is 25.6. The monoisotopic (exact) mass is 944 g/mol. The number of rotatable bonds is 4. The number of nitrogens with zero attached hydrogens (tertiary/aromatic N) is 2. The van der Waals surface area contributed by atoms with Crippen LogP contribution in [0.3, 0.4) is 0 Å². The predicted molar refractivity (Wildman–Crippen MR) is 293 cm³/mol. The molecule has 6 heterocycles. The van der Waals surface area contributed by atoms with Crippen LogP contribution in [0, 0.1) is 23.7 Å². The Bertz CT molecular complexity index is 2910. The normalized spacial score (nSPS) is 14.2. The van der Waals surface area contributed by atoms with Crippen LogP contribution in [-0.4, -0.2) is 35.3 Å². The Morgan fingerprint density at radius 2 is 0.507 bits per heavy atom. The van der Waals surface area contributed by atoms with E-state index in [1.54, 1.807) is 0 Å². The Labute approximate surface area is 424 Å². The number of aromatic nitrogens is 7. The zero-order valence-corrected chi connectivity index (χ0v) is 45.8. The van der Waals surface area contributed by atoms with Crippen LogP contribution in [0.15, 0.2) is 109 Å². The highest BCUT2D eigenvalue weighted by atomic mass is 15.3. The van der Waals surface area contributed by atoms with Gasteiger partial charge < -0.3 is 19.9 Å². The van der Waals surface area contributed by atoms with Crippen molar-refractivity contribution in [2.75, 3.05) is 0 Å². The highest BCUT2D eigenvalue weighted by Gasteiger charge is 2.41. The molecule has 0 aliphatic carbocycles. The summed E-state index contributed by atoms with van der Waals surface area (Å²) in [5.74, 6) is 4.21. The molecular weight excluding hydrogens is 867 g/mol. The van der Waals surface area contributed by atoms with Gasteiger partial charge >= 0.3 is 0 Å². The van der Waals surface area contributed by atoms with E-state index in [4.69, 9.17) is 0 Å². The molecule has 9 rings (SSSR count). The van der Waals surface area contributed by atoms with E-state index in [1.165, 1.54) is 38.9 Å². The minimum atomic E-state index is -0.0806. The molecule has 5 aromatic heterocycles. The fourth-order valence-corrected chi connectivity index (χ4v) is 9.77. The minimum absolute atomic E-state index is 0.0801. The lowest BCUT2D eigenvalue weighted by Crippen LogP contribution is -2.19. The quantitative estimate of drug-likeness (QED) is 0.113. The molecule has 0 unspecified atom stereocenters. The smallest absolute Gasteiger partial charge is 0.198 e. The highest BCUT2D eigenvalue weighted by Crippen LogP contribution is 2.44. The maximum absolute atomic E-state index is 4.64. The van der Waals surface area contributed by atoms with Crippen LogP contribution in [0.1, 0.15) is 226 Å². The number of H-pyrrole nitrogens is 5. The van der Waals surface area contributed by atoms with Gasteiger partial charge in [-0.25, -0.2) is 5.10 Å². The molecule has 8 bridgehead atoms. The predicted octanol–water partition coefficient (Wildman–Crippen LogP) is 15.3. The fourth-order valence-electron chi connectivity index (χ4n) is 9.77. The molecule has 0 saturated carbocycles. The molecule has 0 atom stereocenters. The summed E-state index contributed by atoms with van der Waals surface area (Å²) in [7, 11) is 0. The number of benzene rings is 3. The van der Waals surface area contributed by atoms with E-state index in [0.29, 0.717) is 0 Å². The summed E-state index contributed by atoms with van der Waals surface area (Å²) in [5.41, 5.74) is 19.4. The van der Waals surface area contributed by atoms with Crippen LogP contribution in [0.2, 0.25) is 0 Å². The third-order valence-corrected chi connectivity index (χ3v) is 14.4. The first kappa shape index (κ1) is 49.4. The molecule has 364 valence electrons. The molecule has 1 aliphatic rings. The lowest BCUT2D eigenvalue weighted by molar-refractivity contribution is 0.567. The third kappa shape index (κ3) is 9.77. The van der Waals surface area contributed by atoms with Crippen LogP contribution in [-0.2, 0) is 32.5 Å². The molecule has 5 N–H and O–H groups in total. The second-order valence-corrected chi connectivity index (χ2v) is 26.4. The Morgan fingerprint density at radius 1 is 0.296 bits per heavy atom. The maximum atomic E-state index is 4.64. The second kappa shape index (κ2) is 17.0. The van der Waals surface area contributed by atoms with Crippen molar-refractivity contribution < 1.29 is 0 Å². The average molecular weight is 944 g/mol. The van der Waals surface area contributed by atoms with Crippen LogP contribution in [0.4, 0.5) is 0 Å². The number of nitrogens with one attached hydrogen (secondary N) is 5. The zero-order valence-electron chi connectivity index (χ0n) is 45.8. The van der Waals surface area contributed by atoms with Crippen LogP contribution < -0.4 is 0 Å². The van der Waals surface area contributed by atoms with E-state index in [2.05, 4.69) is 263 Å². The molecule has 7 heteroatoms. The minimum Gasteiger partial charge on any atom is -0.327 e. The standard InChI is InChI=1S/C64H77N7/c1-59(2,3)40-27-37(28-41(33-40)60(4,5)6)55-46-19-21-48(66-46)56(38-29-42(61(7,8)9)34-43(30-38)62(10,11)12)50-23-25-52(68-50)58(54-36-65-71-70-54)53-26-24-51(69-53)57(49-22-20-47(55)67-49)39-31-44(63(13,14)15)35-45(32-39)64(16,17)18/h19-36,66-69H,1-18H3,(H,65,70,71)/q+4. The molecule has 8 aromatic rings. The van der Waals surface area contributed by atoms with Gasteiger partial charge in [-0.1, -0.05) is 130 Å². The molecule has 0 spiro atoms. The Hall–Kier alpha value is -6.60. The summed E-state index contributed by atoms with van der Waals surface area (Å²) in [4.78, 5) is 16.1. The van der Waals surface area contributed by atoms with Crippen molar-refractivity contribution in [2.24, 2.45) is 0 Å². The van der Waals surface area contributed by atoms with Gasteiger partial charge in [0.25, 0.3) is 0 Å². The van der Waals surface area contributed by atoms with E-state index in [0.717, 1.165) is 86.0 Å². The van der Waals surface area contributed by atoms with Gasteiger partial charge in [-0.05, 0) is 84.1 Å². The molecule has 0 amide bonds. The summed E-state index contributed by atoms with van der Waals surface area (Å²) in [6, 6.07) is 39.6. The lowest BCUT2D eigenvalue weighted by Gasteiger charge is -2.25. The van der Waals surface area contributed by atoms with E-state index in [9.17, 15) is 0 Å². The number of hydrogen-bond donors (Lipinski definition) is 5. The van der Waals surface area contributed by atoms with Gasteiger partial charge in [-0.2, -0.15) is 0 Å². The summed E-state index contributed by atoms with van der Waals surface area (Å²) < 4.78 is 0. The van der Waals surface area contributed by atoms with E-state index in [-0.39, 0.29) is 32.5 Å².